The minimum Gasteiger partial charge on any atom is -0.340 e. The molecule has 1 amide bonds. The standard InChI is InChI=1S/C17H24N4O2S/c1-12-7-10-24-16(12)17(22)21-8-4-5-14(6-9-21)20(3)11-15-18-13(2)23-19-15/h7,10,14H,4-6,8-9,11H2,1-3H3. The van der Waals surface area contributed by atoms with Crippen molar-refractivity contribution >= 4 is 17.2 Å². The molecule has 0 spiro atoms. The van der Waals surface area contributed by atoms with Gasteiger partial charge in [-0.25, -0.2) is 0 Å². The van der Waals surface area contributed by atoms with Gasteiger partial charge in [-0.15, -0.1) is 11.3 Å². The Kier molecular flexibility index (Phi) is 5.30. The molecule has 1 atom stereocenters. The number of hydrogen-bond donors (Lipinski definition) is 0. The zero-order valence-corrected chi connectivity index (χ0v) is 15.3. The second kappa shape index (κ2) is 7.44. The highest BCUT2D eigenvalue weighted by molar-refractivity contribution is 7.12. The molecule has 0 radical (unpaired) electrons. The molecule has 6 nitrogen and oxygen atoms in total. The van der Waals surface area contributed by atoms with E-state index >= 15 is 0 Å². The maximum Gasteiger partial charge on any atom is 0.264 e. The van der Waals surface area contributed by atoms with Crippen molar-refractivity contribution in [2.45, 2.75) is 45.7 Å². The molecule has 130 valence electrons. The summed E-state index contributed by atoms with van der Waals surface area (Å²) in [4.78, 5) is 22.1. The van der Waals surface area contributed by atoms with Crippen molar-refractivity contribution in [3.8, 4) is 0 Å². The maximum atomic E-state index is 12.7. The molecule has 0 N–H and O–H groups in total. The van der Waals surface area contributed by atoms with Crippen LogP contribution in [0, 0.1) is 13.8 Å². The van der Waals surface area contributed by atoms with Crippen molar-refractivity contribution in [3.05, 3.63) is 33.6 Å². The summed E-state index contributed by atoms with van der Waals surface area (Å²) in [6.07, 6.45) is 3.08. The van der Waals surface area contributed by atoms with Crippen LogP contribution in [0.3, 0.4) is 0 Å². The van der Waals surface area contributed by atoms with E-state index in [0.717, 1.165) is 48.6 Å². The van der Waals surface area contributed by atoms with E-state index in [2.05, 4.69) is 22.1 Å². The van der Waals surface area contributed by atoms with Crippen LogP contribution >= 0.6 is 11.3 Å². The molecule has 24 heavy (non-hydrogen) atoms. The summed E-state index contributed by atoms with van der Waals surface area (Å²) in [7, 11) is 2.09. The van der Waals surface area contributed by atoms with E-state index in [1.54, 1.807) is 18.3 Å². The number of carbonyl (C=O) groups is 1. The van der Waals surface area contributed by atoms with Gasteiger partial charge >= 0.3 is 0 Å². The zero-order chi connectivity index (χ0) is 17.1. The van der Waals surface area contributed by atoms with E-state index in [0.29, 0.717) is 18.5 Å². The van der Waals surface area contributed by atoms with Crippen LogP contribution in [0.4, 0.5) is 0 Å². The first kappa shape index (κ1) is 17.1. The van der Waals surface area contributed by atoms with Crippen LogP contribution in [0.15, 0.2) is 16.0 Å². The van der Waals surface area contributed by atoms with Gasteiger partial charge in [-0.05, 0) is 50.2 Å². The van der Waals surface area contributed by atoms with Crippen LogP contribution in [-0.2, 0) is 6.54 Å². The zero-order valence-electron chi connectivity index (χ0n) is 14.5. The van der Waals surface area contributed by atoms with Gasteiger partial charge < -0.3 is 9.42 Å². The highest BCUT2D eigenvalue weighted by atomic mass is 32.1. The summed E-state index contributed by atoms with van der Waals surface area (Å²) >= 11 is 1.54. The lowest BCUT2D eigenvalue weighted by Gasteiger charge is -2.26. The van der Waals surface area contributed by atoms with E-state index in [-0.39, 0.29) is 5.91 Å². The Bertz CT molecular complexity index is 696. The SMILES string of the molecule is Cc1nc(CN(C)C2CCCN(C(=O)c3sccc3C)CC2)no1. The summed E-state index contributed by atoms with van der Waals surface area (Å²) in [5.74, 6) is 1.50. The number of carbonyl (C=O) groups excluding carboxylic acids is 1. The lowest BCUT2D eigenvalue weighted by atomic mass is 10.1. The van der Waals surface area contributed by atoms with Crippen molar-refractivity contribution in [1.29, 1.82) is 0 Å². The third-order valence-electron chi connectivity index (χ3n) is 4.62. The molecule has 0 aromatic carbocycles. The molecular formula is C17H24N4O2S. The molecule has 1 unspecified atom stereocenters. The summed E-state index contributed by atoms with van der Waals surface area (Å²) < 4.78 is 5.04. The van der Waals surface area contributed by atoms with Crippen LogP contribution in [0.2, 0.25) is 0 Å². The number of rotatable bonds is 4. The van der Waals surface area contributed by atoms with Crippen molar-refractivity contribution in [3.63, 3.8) is 0 Å². The Morgan fingerprint density at radius 1 is 1.42 bits per heavy atom. The molecule has 0 bridgehead atoms. The number of amides is 1. The van der Waals surface area contributed by atoms with Gasteiger partial charge in [0.15, 0.2) is 5.82 Å². The highest BCUT2D eigenvalue weighted by Gasteiger charge is 2.25. The first-order valence-electron chi connectivity index (χ1n) is 8.37. The van der Waals surface area contributed by atoms with Crippen LogP contribution in [0.25, 0.3) is 0 Å². The number of aryl methyl sites for hydroxylation is 2. The van der Waals surface area contributed by atoms with Crippen molar-refractivity contribution in [2.24, 2.45) is 0 Å². The van der Waals surface area contributed by atoms with Crippen molar-refractivity contribution < 1.29 is 9.32 Å². The molecule has 0 saturated carbocycles. The molecule has 0 aliphatic carbocycles. The van der Waals surface area contributed by atoms with Gasteiger partial charge in [0, 0.05) is 26.1 Å². The van der Waals surface area contributed by atoms with Crippen LogP contribution in [0.5, 0.6) is 0 Å². The minimum atomic E-state index is 0.180. The first-order valence-corrected chi connectivity index (χ1v) is 9.25. The summed E-state index contributed by atoms with van der Waals surface area (Å²) in [6, 6.07) is 2.45. The lowest BCUT2D eigenvalue weighted by Crippen LogP contribution is -2.35. The van der Waals surface area contributed by atoms with E-state index in [1.807, 2.05) is 23.3 Å². The van der Waals surface area contributed by atoms with Crippen LogP contribution in [-0.4, -0.2) is 52.0 Å². The van der Waals surface area contributed by atoms with Gasteiger partial charge in [0.05, 0.1) is 11.4 Å². The molecule has 1 aliphatic heterocycles. The largest absolute Gasteiger partial charge is 0.340 e. The summed E-state index contributed by atoms with van der Waals surface area (Å²) in [5, 5.41) is 5.96. The summed E-state index contributed by atoms with van der Waals surface area (Å²) in [6.45, 7) is 6.13. The van der Waals surface area contributed by atoms with Gasteiger partial charge in [-0.1, -0.05) is 5.16 Å². The number of thiophene rings is 1. The molecule has 1 saturated heterocycles. The van der Waals surface area contributed by atoms with Crippen LogP contribution < -0.4 is 0 Å². The Labute approximate surface area is 146 Å². The average molecular weight is 348 g/mol. The monoisotopic (exact) mass is 348 g/mol. The van der Waals surface area contributed by atoms with Crippen molar-refractivity contribution in [1.82, 2.24) is 19.9 Å². The van der Waals surface area contributed by atoms with Crippen molar-refractivity contribution in [2.75, 3.05) is 20.1 Å². The maximum absolute atomic E-state index is 12.7. The highest BCUT2D eigenvalue weighted by Crippen LogP contribution is 2.22. The molecule has 3 rings (SSSR count). The summed E-state index contributed by atoms with van der Waals surface area (Å²) in [5.41, 5.74) is 1.08. The van der Waals surface area contributed by atoms with Gasteiger partial charge in [0.2, 0.25) is 5.89 Å². The molecule has 2 aromatic heterocycles. The van der Waals surface area contributed by atoms with Gasteiger partial charge in [-0.2, -0.15) is 4.98 Å². The Balaban J connectivity index is 1.58. The Hall–Kier alpha value is -1.73. The predicted octanol–water partition coefficient (Wildman–Crippen LogP) is 2.87. The van der Waals surface area contributed by atoms with Crippen LogP contribution in [0.1, 0.15) is 46.2 Å². The fourth-order valence-electron chi connectivity index (χ4n) is 3.22. The average Bonchev–Trinajstić information content (AvgIpc) is 3.07. The minimum absolute atomic E-state index is 0.180. The molecule has 2 aromatic rings. The topological polar surface area (TPSA) is 62.5 Å². The van der Waals surface area contributed by atoms with Gasteiger partial charge in [-0.3, -0.25) is 9.69 Å². The molecule has 1 aliphatic rings. The third-order valence-corrected chi connectivity index (χ3v) is 5.63. The Morgan fingerprint density at radius 2 is 2.25 bits per heavy atom. The van der Waals surface area contributed by atoms with E-state index < -0.39 is 0 Å². The second-order valence-electron chi connectivity index (χ2n) is 6.45. The molecule has 1 fully saturated rings. The predicted molar refractivity (Wildman–Crippen MR) is 93.1 cm³/mol. The Morgan fingerprint density at radius 3 is 2.92 bits per heavy atom. The fraction of sp³-hybridized carbons (Fsp3) is 0.588. The molecular weight excluding hydrogens is 324 g/mol. The molecule has 7 heteroatoms. The fourth-order valence-corrected chi connectivity index (χ4v) is 4.11. The van der Waals surface area contributed by atoms with E-state index in [9.17, 15) is 4.79 Å². The second-order valence-corrected chi connectivity index (χ2v) is 7.37. The quantitative estimate of drug-likeness (QED) is 0.850. The third kappa shape index (κ3) is 3.84. The van der Waals surface area contributed by atoms with Gasteiger partial charge in [0.1, 0.15) is 0 Å². The number of likely N-dealkylation sites (tertiary alicyclic amines) is 1. The normalized spacial score (nSPS) is 18.8. The molecule has 3 heterocycles. The number of aromatic nitrogens is 2. The number of nitrogens with zero attached hydrogens (tertiary/aromatic N) is 4. The number of hydrogen-bond acceptors (Lipinski definition) is 6. The smallest absolute Gasteiger partial charge is 0.264 e. The first-order chi connectivity index (χ1) is 11.5. The van der Waals surface area contributed by atoms with E-state index in [4.69, 9.17) is 4.52 Å². The van der Waals surface area contributed by atoms with E-state index in [1.165, 1.54) is 0 Å². The lowest BCUT2D eigenvalue weighted by molar-refractivity contribution is 0.0761. The van der Waals surface area contributed by atoms with Gasteiger partial charge in [0.25, 0.3) is 5.91 Å².